The summed E-state index contributed by atoms with van der Waals surface area (Å²) in [4.78, 5) is 35.0. The van der Waals surface area contributed by atoms with Gasteiger partial charge in [-0.1, -0.05) is 12.1 Å². The first kappa shape index (κ1) is 26.9. The van der Waals surface area contributed by atoms with Gasteiger partial charge in [0, 0.05) is 50.4 Å². The van der Waals surface area contributed by atoms with Crippen LogP contribution in [0.4, 0.5) is 13.2 Å². The number of benzene rings is 1. The van der Waals surface area contributed by atoms with Gasteiger partial charge < -0.3 is 29.8 Å². The third-order valence-electron chi connectivity index (χ3n) is 5.99. The maximum absolute atomic E-state index is 12.7. The SMILES string of the molecule is NC(=O)c1cc(-c2cn(CCO)cn2)cnc1OC1CCN(C(=O)Cc2ccc(OC(F)(F)F)cc2)CC1. The van der Waals surface area contributed by atoms with Gasteiger partial charge >= 0.3 is 6.36 Å². The highest BCUT2D eigenvalue weighted by molar-refractivity contribution is 5.96. The first-order chi connectivity index (χ1) is 18.1. The van der Waals surface area contributed by atoms with E-state index in [4.69, 9.17) is 15.6 Å². The fourth-order valence-corrected chi connectivity index (χ4v) is 4.09. The normalized spacial score (nSPS) is 14.4. The number of piperidine rings is 1. The highest BCUT2D eigenvalue weighted by Crippen LogP contribution is 2.26. The smallest absolute Gasteiger partial charge is 0.474 e. The van der Waals surface area contributed by atoms with Crippen LogP contribution in [-0.4, -0.2) is 68.5 Å². The molecule has 10 nitrogen and oxygen atoms in total. The number of amides is 2. The van der Waals surface area contributed by atoms with Crippen LogP contribution in [0.5, 0.6) is 11.6 Å². The van der Waals surface area contributed by atoms with Crippen LogP contribution in [0.15, 0.2) is 49.1 Å². The number of hydrogen-bond donors (Lipinski definition) is 2. The van der Waals surface area contributed by atoms with Crippen molar-refractivity contribution in [1.29, 1.82) is 0 Å². The molecule has 0 saturated carbocycles. The third-order valence-corrected chi connectivity index (χ3v) is 5.99. The highest BCUT2D eigenvalue weighted by Gasteiger charge is 2.31. The summed E-state index contributed by atoms with van der Waals surface area (Å²) in [5.41, 5.74) is 7.37. The van der Waals surface area contributed by atoms with E-state index in [0.717, 1.165) is 0 Å². The number of carbonyl (C=O) groups excluding carboxylic acids is 2. The van der Waals surface area contributed by atoms with E-state index in [9.17, 15) is 22.8 Å². The van der Waals surface area contributed by atoms with Gasteiger partial charge in [0.2, 0.25) is 11.8 Å². The number of halogens is 3. The summed E-state index contributed by atoms with van der Waals surface area (Å²) in [5.74, 6) is -1.11. The number of rotatable bonds is 9. The number of primary amides is 1. The number of carbonyl (C=O) groups is 2. The second-order valence-electron chi connectivity index (χ2n) is 8.73. The molecule has 0 spiro atoms. The standard InChI is InChI=1S/C25H26F3N5O5/c26-25(27,28)38-19-3-1-16(2-4-19)11-22(35)33-7-5-18(6-8-33)37-24-20(23(29)36)12-17(13-30-24)21-14-32(9-10-34)15-31-21/h1-4,12-15,18,34H,5-11H2,(H2,29,36). The summed E-state index contributed by atoms with van der Waals surface area (Å²) in [5, 5.41) is 9.07. The zero-order chi connectivity index (χ0) is 27.3. The Morgan fingerprint density at radius 2 is 1.84 bits per heavy atom. The molecule has 1 fully saturated rings. The Morgan fingerprint density at radius 3 is 2.47 bits per heavy atom. The molecule has 38 heavy (non-hydrogen) atoms. The van der Waals surface area contributed by atoms with E-state index in [0.29, 0.717) is 49.3 Å². The van der Waals surface area contributed by atoms with E-state index >= 15 is 0 Å². The molecule has 2 amide bonds. The first-order valence-electron chi connectivity index (χ1n) is 11.8. The molecule has 3 N–H and O–H groups in total. The van der Waals surface area contributed by atoms with Crippen LogP contribution in [0.1, 0.15) is 28.8 Å². The number of imidazole rings is 1. The molecule has 0 radical (unpaired) electrons. The molecule has 4 rings (SSSR count). The maximum atomic E-state index is 12.7. The van der Waals surface area contributed by atoms with E-state index in [1.807, 2.05) is 0 Å². The van der Waals surface area contributed by atoms with E-state index < -0.39 is 12.3 Å². The van der Waals surface area contributed by atoms with Crippen molar-refractivity contribution >= 4 is 11.8 Å². The van der Waals surface area contributed by atoms with Crippen molar-refractivity contribution < 1.29 is 37.3 Å². The fraction of sp³-hybridized carbons (Fsp3) is 0.360. The maximum Gasteiger partial charge on any atom is 0.573 e. The number of nitrogens with zero attached hydrogens (tertiary/aromatic N) is 4. The molecule has 1 aliphatic heterocycles. The highest BCUT2D eigenvalue weighted by atomic mass is 19.4. The minimum Gasteiger partial charge on any atom is -0.474 e. The number of hydrogen-bond acceptors (Lipinski definition) is 7. The molecular weight excluding hydrogens is 507 g/mol. The summed E-state index contributed by atoms with van der Waals surface area (Å²) in [7, 11) is 0. The van der Waals surface area contributed by atoms with E-state index in [2.05, 4.69) is 14.7 Å². The number of ether oxygens (including phenoxy) is 2. The van der Waals surface area contributed by atoms with Crippen molar-refractivity contribution in [3.05, 3.63) is 60.2 Å². The molecule has 3 heterocycles. The van der Waals surface area contributed by atoms with Gasteiger partial charge in [-0.3, -0.25) is 9.59 Å². The number of pyridine rings is 1. The summed E-state index contributed by atoms with van der Waals surface area (Å²) >= 11 is 0. The van der Waals surface area contributed by atoms with Gasteiger partial charge in [-0.15, -0.1) is 13.2 Å². The number of aliphatic hydroxyl groups is 1. The van der Waals surface area contributed by atoms with Crippen LogP contribution in [-0.2, 0) is 17.8 Å². The van der Waals surface area contributed by atoms with Crippen LogP contribution in [0.2, 0.25) is 0 Å². The largest absolute Gasteiger partial charge is 0.573 e. The van der Waals surface area contributed by atoms with Crippen molar-refractivity contribution in [2.75, 3.05) is 19.7 Å². The van der Waals surface area contributed by atoms with Crippen LogP contribution >= 0.6 is 0 Å². The number of aromatic nitrogens is 3. The fourth-order valence-electron chi connectivity index (χ4n) is 4.09. The first-order valence-corrected chi connectivity index (χ1v) is 11.8. The van der Waals surface area contributed by atoms with Gasteiger partial charge in [0.1, 0.15) is 17.4 Å². The topological polar surface area (TPSA) is 133 Å². The Labute approximate surface area is 215 Å². The zero-order valence-electron chi connectivity index (χ0n) is 20.2. The van der Waals surface area contributed by atoms with Gasteiger partial charge in [-0.05, 0) is 23.8 Å². The van der Waals surface area contributed by atoms with Gasteiger partial charge in [0.15, 0.2) is 0 Å². The average molecular weight is 534 g/mol. The molecule has 1 aromatic carbocycles. The van der Waals surface area contributed by atoms with E-state index in [-0.39, 0.29) is 42.2 Å². The van der Waals surface area contributed by atoms with Crippen LogP contribution < -0.4 is 15.2 Å². The Bertz CT molecular complexity index is 1270. The lowest BCUT2D eigenvalue weighted by Crippen LogP contribution is -2.42. The Kier molecular flexibility index (Phi) is 8.15. The zero-order valence-corrected chi connectivity index (χ0v) is 20.2. The van der Waals surface area contributed by atoms with Crippen molar-refractivity contribution in [2.24, 2.45) is 5.73 Å². The van der Waals surface area contributed by atoms with Gasteiger partial charge in [0.25, 0.3) is 5.91 Å². The second kappa shape index (κ2) is 11.5. The van der Waals surface area contributed by atoms with Crippen molar-refractivity contribution in [1.82, 2.24) is 19.4 Å². The Morgan fingerprint density at radius 1 is 1.13 bits per heavy atom. The number of aliphatic hydroxyl groups excluding tert-OH is 1. The minimum absolute atomic E-state index is 0.0360. The van der Waals surface area contributed by atoms with Crippen LogP contribution in [0, 0.1) is 0 Å². The number of alkyl halides is 3. The molecule has 0 aliphatic carbocycles. The molecule has 3 aromatic rings. The van der Waals surface area contributed by atoms with Crippen LogP contribution in [0.3, 0.4) is 0 Å². The lowest BCUT2D eigenvalue weighted by Gasteiger charge is -2.32. The lowest BCUT2D eigenvalue weighted by molar-refractivity contribution is -0.274. The van der Waals surface area contributed by atoms with Gasteiger partial charge in [-0.25, -0.2) is 9.97 Å². The van der Waals surface area contributed by atoms with Crippen LogP contribution in [0.25, 0.3) is 11.3 Å². The molecule has 1 saturated heterocycles. The quantitative estimate of drug-likeness (QED) is 0.432. The molecular formula is C25H26F3N5O5. The summed E-state index contributed by atoms with van der Waals surface area (Å²) in [6.45, 7) is 1.16. The molecule has 0 unspecified atom stereocenters. The summed E-state index contributed by atoms with van der Waals surface area (Å²) in [6.07, 6.45) is 0.775. The summed E-state index contributed by atoms with van der Waals surface area (Å²) < 4.78 is 48.4. The summed E-state index contributed by atoms with van der Waals surface area (Å²) in [6, 6.07) is 6.75. The third kappa shape index (κ3) is 7.00. The molecule has 202 valence electrons. The Balaban J connectivity index is 1.33. The average Bonchev–Trinajstić information content (AvgIpc) is 3.34. The number of likely N-dealkylation sites (tertiary alicyclic amines) is 1. The molecule has 0 bridgehead atoms. The Hall–Kier alpha value is -4.13. The molecule has 1 aliphatic rings. The molecule has 13 heteroatoms. The molecule has 2 aromatic heterocycles. The van der Waals surface area contributed by atoms with Crippen molar-refractivity contribution in [3.63, 3.8) is 0 Å². The van der Waals surface area contributed by atoms with Gasteiger partial charge in [0.05, 0.1) is 25.0 Å². The van der Waals surface area contributed by atoms with Crippen molar-refractivity contribution in [3.8, 4) is 22.9 Å². The number of nitrogens with two attached hydrogens (primary N) is 1. The molecule has 0 atom stereocenters. The van der Waals surface area contributed by atoms with Gasteiger partial charge in [-0.2, -0.15) is 0 Å². The lowest BCUT2D eigenvalue weighted by atomic mass is 10.1. The minimum atomic E-state index is -4.77. The predicted octanol–water partition coefficient (Wildman–Crippen LogP) is 2.55. The second-order valence-corrected chi connectivity index (χ2v) is 8.73. The van der Waals surface area contributed by atoms with E-state index in [1.54, 1.807) is 28.1 Å². The monoisotopic (exact) mass is 533 g/mol. The van der Waals surface area contributed by atoms with Crippen molar-refractivity contribution in [2.45, 2.75) is 38.3 Å². The predicted molar refractivity (Wildman–Crippen MR) is 128 cm³/mol. The van der Waals surface area contributed by atoms with E-state index in [1.165, 1.54) is 30.5 Å².